The lowest BCUT2D eigenvalue weighted by Gasteiger charge is -2.27. The summed E-state index contributed by atoms with van der Waals surface area (Å²) in [5, 5.41) is 6.09. The number of amides is 2. The highest BCUT2D eigenvalue weighted by atomic mass is 16.2. The molecule has 1 saturated heterocycles. The van der Waals surface area contributed by atoms with Gasteiger partial charge in [0.15, 0.2) is 0 Å². The molecule has 1 aliphatic heterocycles. The Hall–Kier alpha value is -2.70. The van der Waals surface area contributed by atoms with Crippen molar-refractivity contribution >= 4 is 11.8 Å². The molecule has 3 rings (SSSR count). The molecule has 2 N–H and O–H groups in total. The lowest BCUT2D eigenvalue weighted by Crippen LogP contribution is -2.48. The van der Waals surface area contributed by atoms with Crippen molar-refractivity contribution in [2.24, 2.45) is 0 Å². The first-order valence-electron chi connectivity index (χ1n) is 9.80. The normalized spacial score (nSPS) is 14.4. The number of piperazine rings is 1. The minimum absolute atomic E-state index is 0.403. The van der Waals surface area contributed by atoms with Gasteiger partial charge in [0.1, 0.15) is 0 Å². The predicted molar refractivity (Wildman–Crippen MR) is 109 cm³/mol. The second-order valence-corrected chi connectivity index (χ2v) is 6.98. The van der Waals surface area contributed by atoms with E-state index in [2.05, 4.69) is 15.5 Å². The van der Waals surface area contributed by atoms with E-state index >= 15 is 0 Å². The van der Waals surface area contributed by atoms with E-state index in [-0.39, 0.29) is 0 Å². The minimum Gasteiger partial charge on any atom is -0.347 e. The van der Waals surface area contributed by atoms with Gasteiger partial charge in [0.25, 0.3) is 0 Å². The third-order valence-electron chi connectivity index (χ3n) is 4.84. The number of nitrogens with one attached hydrogen (secondary N) is 2. The summed E-state index contributed by atoms with van der Waals surface area (Å²) < 4.78 is 0. The number of rotatable bonds is 7. The van der Waals surface area contributed by atoms with Crippen LogP contribution in [0.1, 0.15) is 11.1 Å². The molecule has 1 aliphatic rings. The van der Waals surface area contributed by atoms with Crippen LogP contribution < -0.4 is 10.6 Å². The molecule has 0 bridgehead atoms. The summed E-state index contributed by atoms with van der Waals surface area (Å²) in [6.07, 6.45) is 0. The van der Waals surface area contributed by atoms with Gasteiger partial charge in [0.05, 0.1) is 0 Å². The molecule has 0 saturated carbocycles. The average molecular weight is 380 g/mol. The van der Waals surface area contributed by atoms with Gasteiger partial charge >= 0.3 is 11.8 Å². The number of hydrogen-bond donors (Lipinski definition) is 2. The number of carbonyl (C=O) groups excluding carboxylic acids is 2. The smallest absolute Gasteiger partial charge is 0.312 e. The fraction of sp³-hybridized carbons (Fsp3) is 0.364. The number of nitrogens with zero attached hydrogens (tertiary/aromatic N) is 2. The Bertz CT molecular complexity index is 704. The molecule has 0 aliphatic carbocycles. The molecule has 6 nitrogen and oxygen atoms in total. The first-order chi connectivity index (χ1) is 13.7. The van der Waals surface area contributed by atoms with Crippen molar-refractivity contribution in [3.63, 3.8) is 0 Å². The van der Waals surface area contributed by atoms with Crippen LogP contribution in [-0.4, -0.2) is 60.9 Å². The summed E-state index contributed by atoms with van der Waals surface area (Å²) in [5.74, 6) is -1.03. The van der Waals surface area contributed by atoms with E-state index in [0.29, 0.717) is 19.6 Å². The van der Waals surface area contributed by atoms with Crippen molar-refractivity contribution in [2.75, 3.05) is 39.3 Å². The number of hydrogen-bond acceptors (Lipinski definition) is 4. The van der Waals surface area contributed by atoms with E-state index in [0.717, 1.165) is 43.9 Å². The second-order valence-electron chi connectivity index (χ2n) is 6.98. The Morgan fingerprint density at radius 2 is 1.43 bits per heavy atom. The van der Waals surface area contributed by atoms with Crippen LogP contribution in [0, 0.1) is 0 Å². The Morgan fingerprint density at radius 3 is 1.96 bits per heavy atom. The van der Waals surface area contributed by atoms with Gasteiger partial charge in [-0.1, -0.05) is 60.7 Å². The summed E-state index contributed by atoms with van der Waals surface area (Å²) >= 11 is 0. The van der Waals surface area contributed by atoms with Crippen molar-refractivity contribution in [1.29, 1.82) is 0 Å². The SMILES string of the molecule is O=C(NCCN1CCNCC1)C(=O)N(Cc1ccccc1)Cc1ccccc1. The first kappa shape index (κ1) is 20.0. The molecule has 1 fully saturated rings. The molecule has 2 amide bonds. The zero-order valence-electron chi connectivity index (χ0n) is 16.1. The molecule has 0 atom stereocenters. The standard InChI is InChI=1S/C22H28N4O2/c27-21(24-13-16-25-14-11-23-12-15-25)22(28)26(17-19-7-3-1-4-8-19)18-20-9-5-2-6-10-20/h1-10,23H,11-18H2,(H,24,27). The lowest BCUT2D eigenvalue weighted by molar-refractivity contribution is -0.146. The maximum atomic E-state index is 12.8. The molecule has 28 heavy (non-hydrogen) atoms. The third-order valence-corrected chi connectivity index (χ3v) is 4.84. The van der Waals surface area contributed by atoms with E-state index in [4.69, 9.17) is 0 Å². The van der Waals surface area contributed by atoms with Gasteiger partial charge in [-0.25, -0.2) is 0 Å². The van der Waals surface area contributed by atoms with Gasteiger partial charge in [-0.05, 0) is 11.1 Å². The van der Waals surface area contributed by atoms with Crippen molar-refractivity contribution in [1.82, 2.24) is 20.4 Å². The maximum Gasteiger partial charge on any atom is 0.312 e. The maximum absolute atomic E-state index is 12.8. The quantitative estimate of drug-likeness (QED) is 0.710. The summed E-state index contributed by atoms with van der Waals surface area (Å²) in [5.41, 5.74) is 2.00. The van der Waals surface area contributed by atoms with Crippen molar-refractivity contribution in [3.8, 4) is 0 Å². The molecule has 148 valence electrons. The Balaban J connectivity index is 1.58. The second kappa shape index (κ2) is 10.6. The highest BCUT2D eigenvalue weighted by Crippen LogP contribution is 2.10. The zero-order chi connectivity index (χ0) is 19.6. The molecular formula is C22H28N4O2. The molecule has 0 spiro atoms. The third kappa shape index (κ3) is 6.18. The minimum atomic E-state index is -0.540. The van der Waals surface area contributed by atoms with Crippen LogP contribution in [0.5, 0.6) is 0 Å². The van der Waals surface area contributed by atoms with Gasteiger partial charge in [-0.15, -0.1) is 0 Å². The van der Waals surface area contributed by atoms with Crippen molar-refractivity contribution in [3.05, 3.63) is 71.8 Å². The van der Waals surface area contributed by atoms with E-state index in [1.54, 1.807) is 4.90 Å². The van der Waals surface area contributed by atoms with Crippen LogP contribution in [0.25, 0.3) is 0 Å². The van der Waals surface area contributed by atoms with E-state index in [1.807, 2.05) is 60.7 Å². The van der Waals surface area contributed by atoms with E-state index in [9.17, 15) is 9.59 Å². The lowest BCUT2D eigenvalue weighted by atomic mass is 10.1. The van der Waals surface area contributed by atoms with Gasteiger partial charge < -0.3 is 15.5 Å². The summed E-state index contributed by atoms with van der Waals surface area (Å²) in [7, 11) is 0. The monoisotopic (exact) mass is 380 g/mol. The summed E-state index contributed by atoms with van der Waals surface area (Å²) in [6.45, 7) is 5.92. The first-order valence-corrected chi connectivity index (χ1v) is 9.80. The van der Waals surface area contributed by atoms with Gasteiger partial charge in [-0.3, -0.25) is 14.5 Å². The Morgan fingerprint density at radius 1 is 0.893 bits per heavy atom. The molecule has 2 aromatic rings. The van der Waals surface area contributed by atoms with Crippen LogP contribution in [-0.2, 0) is 22.7 Å². The predicted octanol–water partition coefficient (Wildman–Crippen LogP) is 1.24. The highest BCUT2D eigenvalue weighted by Gasteiger charge is 2.22. The molecule has 6 heteroatoms. The highest BCUT2D eigenvalue weighted by molar-refractivity contribution is 6.34. The summed E-state index contributed by atoms with van der Waals surface area (Å²) in [6, 6.07) is 19.5. The average Bonchev–Trinajstić information content (AvgIpc) is 2.75. The zero-order valence-corrected chi connectivity index (χ0v) is 16.1. The van der Waals surface area contributed by atoms with Crippen LogP contribution >= 0.6 is 0 Å². The molecule has 0 aromatic heterocycles. The molecule has 0 radical (unpaired) electrons. The van der Waals surface area contributed by atoms with Gasteiger partial charge in [0, 0.05) is 52.4 Å². The van der Waals surface area contributed by atoms with Gasteiger partial charge in [0.2, 0.25) is 0 Å². The van der Waals surface area contributed by atoms with Crippen LogP contribution in [0.3, 0.4) is 0 Å². The fourth-order valence-corrected chi connectivity index (χ4v) is 3.29. The molecule has 2 aromatic carbocycles. The largest absolute Gasteiger partial charge is 0.347 e. The fourth-order valence-electron chi connectivity index (χ4n) is 3.29. The Labute approximate surface area is 166 Å². The van der Waals surface area contributed by atoms with E-state index in [1.165, 1.54) is 0 Å². The Kier molecular flexibility index (Phi) is 7.58. The van der Waals surface area contributed by atoms with Crippen LogP contribution in [0.4, 0.5) is 0 Å². The number of benzene rings is 2. The van der Waals surface area contributed by atoms with Crippen molar-refractivity contribution < 1.29 is 9.59 Å². The number of carbonyl (C=O) groups is 2. The van der Waals surface area contributed by atoms with E-state index < -0.39 is 11.8 Å². The molecule has 0 unspecified atom stereocenters. The van der Waals surface area contributed by atoms with Gasteiger partial charge in [-0.2, -0.15) is 0 Å². The van der Waals surface area contributed by atoms with Crippen molar-refractivity contribution in [2.45, 2.75) is 13.1 Å². The summed E-state index contributed by atoms with van der Waals surface area (Å²) in [4.78, 5) is 29.2. The van der Waals surface area contributed by atoms with Crippen LogP contribution in [0.15, 0.2) is 60.7 Å². The van der Waals surface area contributed by atoms with Crippen LogP contribution in [0.2, 0.25) is 0 Å². The molecular weight excluding hydrogens is 352 g/mol. The topological polar surface area (TPSA) is 64.7 Å². The molecule has 1 heterocycles.